The Morgan fingerprint density at radius 3 is 2.83 bits per heavy atom. The van der Waals surface area contributed by atoms with Gasteiger partial charge in [-0.25, -0.2) is 4.99 Å². The first-order valence-corrected chi connectivity index (χ1v) is 10.9. The Morgan fingerprint density at radius 2 is 2.17 bits per heavy atom. The summed E-state index contributed by atoms with van der Waals surface area (Å²) in [5.74, 6) is 2.52. The van der Waals surface area contributed by atoms with Crippen LogP contribution in [0.2, 0.25) is 0 Å². The van der Waals surface area contributed by atoms with Gasteiger partial charge in [-0.2, -0.15) is 0 Å². The van der Waals surface area contributed by atoms with E-state index >= 15 is 0 Å². The molecule has 0 bridgehead atoms. The second-order valence-electron chi connectivity index (χ2n) is 7.75. The number of hydrogen-bond acceptors (Lipinski definition) is 5. The first-order valence-electron chi connectivity index (χ1n) is 10.9. The fraction of sp³-hybridized carbons (Fsp3) is 0.591. The van der Waals surface area contributed by atoms with Gasteiger partial charge in [0.1, 0.15) is 12.4 Å². The lowest BCUT2D eigenvalue weighted by atomic mass is 10.2. The summed E-state index contributed by atoms with van der Waals surface area (Å²) < 4.78 is 7.71. The molecule has 0 saturated carbocycles. The van der Waals surface area contributed by atoms with Gasteiger partial charge in [-0.15, -0.1) is 10.2 Å². The number of aromatic nitrogens is 3. The summed E-state index contributed by atoms with van der Waals surface area (Å²) in [4.78, 5) is 7.10. The SMILES string of the molecule is CCN(CCNC(=NCc1nnc(C)n1C)NCC1CCCO1)c1cccc(C)c1. The highest BCUT2D eigenvalue weighted by Crippen LogP contribution is 2.15. The maximum atomic E-state index is 5.74. The van der Waals surface area contributed by atoms with Gasteiger partial charge in [0.15, 0.2) is 11.8 Å². The molecule has 8 nitrogen and oxygen atoms in total. The molecule has 1 aromatic heterocycles. The van der Waals surface area contributed by atoms with Gasteiger partial charge in [-0.1, -0.05) is 12.1 Å². The summed E-state index contributed by atoms with van der Waals surface area (Å²) in [6.07, 6.45) is 2.49. The average molecular weight is 414 g/mol. The average Bonchev–Trinajstić information content (AvgIpc) is 3.37. The molecule has 1 fully saturated rings. The third kappa shape index (κ3) is 6.19. The van der Waals surface area contributed by atoms with E-state index in [-0.39, 0.29) is 6.10 Å². The predicted molar refractivity (Wildman–Crippen MR) is 121 cm³/mol. The Bertz CT molecular complexity index is 827. The lowest BCUT2D eigenvalue weighted by Gasteiger charge is -2.24. The zero-order valence-corrected chi connectivity index (χ0v) is 18.7. The van der Waals surface area contributed by atoms with Crippen molar-refractivity contribution in [2.24, 2.45) is 12.0 Å². The van der Waals surface area contributed by atoms with Crippen LogP contribution in [0.15, 0.2) is 29.3 Å². The van der Waals surface area contributed by atoms with Gasteiger partial charge in [0, 0.05) is 45.5 Å². The third-order valence-corrected chi connectivity index (χ3v) is 5.51. The van der Waals surface area contributed by atoms with Crippen molar-refractivity contribution in [3.63, 3.8) is 0 Å². The van der Waals surface area contributed by atoms with E-state index in [1.807, 2.05) is 18.5 Å². The number of aliphatic imine (C=N–C) groups is 1. The van der Waals surface area contributed by atoms with Gasteiger partial charge < -0.3 is 24.8 Å². The highest BCUT2D eigenvalue weighted by molar-refractivity contribution is 5.79. The molecule has 164 valence electrons. The monoisotopic (exact) mass is 413 g/mol. The van der Waals surface area contributed by atoms with E-state index < -0.39 is 0 Å². The Labute approximate surface area is 179 Å². The van der Waals surface area contributed by atoms with Crippen molar-refractivity contribution in [1.29, 1.82) is 0 Å². The molecule has 0 aliphatic carbocycles. The summed E-state index contributed by atoms with van der Waals surface area (Å²) in [6.45, 7) is 11.0. The number of nitrogens with one attached hydrogen (secondary N) is 2. The van der Waals surface area contributed by atoms with Crippen LogP contribution < -0.4 is 15.5 Å². The van der Waals surface area contributed by atoms with E-state index in [9.17, 15) is 0 Å². The van der Waals surface area contributed by atoms with Crippen molar-refractivity contribution in [3.8, 4) is 0 Å². The Balaban J connectivity index is 1.58. The van der Waals surface area contributed by atoms with Gasteiger partial charge in [-0.05, 0) is 51.3 Å². The maximum Gasteiger partial charge on any atom is 0.191 e. The summed E-state index contributed by atoms with van der Waals surface area (Å²) in [7, 11) is 1.97. The fourth-order valence-corrected chi connectivity index (χ4v) is 3.53. The molecular weight excluding hydrogens is 378 g/mol. The smallest absolute Gasteiger partial charge is 0.191 e. The molecule has 3 rings (SSSR count). The Hall–Kier alpha value is -2.61. The lowest BCUT2D eigenvalue weighted by molar-refractivity contribution is 0.114. The van der Waals surface area contributed by atoms with Crippen LogP contribution in [0.5, 0.6) is 0 Å². The molecule has 30 heavy (non-hydrogen) atoms. The molecule has 1 aliphatic rings. The number of hydrogen-bond donors (Lipinski definition) is 2. The number of ether oxygens (including phenoxy) is 1. The van der Waals surface area contributed by atoms with Gasteiger partial charge in [0.2, 0.25) is 0 Å². The minimum atomic E-state index is 0.258. The van der Waals surface area contributed by atoms with Gasteiger partial charge in [0.25, 0.3) is 0 Å². The van der Waals surface area contributed by atoms with E-state index in [0.29, 0.717) is 6.54 Å². The highest BCUT2D eigenvalue weighted by atomic mass is 16.5. The van der Waals surface area contributed by atoms with Gasteiger partial charge >= 0.3 is 0 Å². The largest absolute Gasteiger partial charge is 0.376 e. The molecule has 8 heteroatoms. The number of rotatable bonds is 9. The van der Waals surface area contributed by atoms with Crippen LogP contribution in [0.3, 0.4) is 0 Å². The number of anilines is 1. The second kappa shape index (κ2) is 11.0. The molecular formula is C22H35N7O. The predicted octanol–water partition coefficient (Wildman–Crippen LogP) is 2.17. The molecule has 2 heterocycles. The summed E-state index contributed by atoms with van der Waals surface area (Å²) in [5, 5.41) is 15.2. The molecule has 0 radical (unpaired) electrons. The Morgan fingerprint density at radius 1 is 1.30 bits per heavy atom. The summed E-state index contributed by atoms with van der Waals surface area (Å²) >= 11 is 0. The van der Waals surface area contributed by atoms with E-state index in [1.165, 1.54) is 11.3 Å². The van der Waals surface area contributed by atoms with Crippen LogP contribution in [0.25, 0.3) is 0 Å². The molecule has 0 spiro atoms. The normalized spacial score (nSPS) is 16.7. The summed E-state index contributed by atoms with van der Waals surface area (Å²) in [5.41, 5.74) is 2.53. The molecule has 1 aliphatic heterocycles. The van der Waals surface area contributed by atoms with Crippen LogP contribution >= 0.6 is 0 Å². The number of aryl methyl sites for hydroxylation is 2. The van der Waals surface area contributed by atoms with Crippen molar-refractivity contribution >= 4 is 11.6 Å². The minimum Gasteiger partial charge on any atom is -0.376 e. The van der Waals surface area contributed by atoms with Crippen molar-refractivity contribution in [2.75, 3.05) is 37.7 Å². The minimum absolute atomic E-state index is 0.258. The second-order valence-corrected chi connectivity index (χ2v) is 7.75. The van der Waals surface area contributed by atoms with Gasteiger partial charge in [-0.3, -0.25) is 0 Å². The molecule has 1 aromatic carbocycles. The number of guanidine groups is 1. The lowest BCUT2D eigenvalue weighted by Crippen LogP contribution is -2.44. The van der Waals surface area contributed by atoms with Crippen molar-refractivity contribution in [3.05, 3.63) is 41.5 Å². The van der Waals surface area contributed by atoms with E-state index in [4.69, 9.17) is 9.73 Å². The van der Waals surface area contributed by atoms with E-state index in [1.54, 1.807) is 0 Å². The van der Waals surface area contributed by atoms with Crippen molar-refractivity contribution < 1.29 is 4.74 Å². The first-order chi connectivity index (χ1) is 14.6. The van der Waals surface area contributed by atoms with Crippen LogP contribution in [-0.4, -0.2) is 59.6 Å². The van der Waals surface area contributed by atoms with Crippen LogP contribution in [0, 0.1) is 13.8 Å². The van der Waals surface area contributed by atoms with Gasteiger partial charge in [0.05, 0.1) is 6.10 Å². The van der Waals surface area contributed by atoms with Crippen LogP contribution in [0.4, 0.5) is 5.69 Å². The number of likely N-dealkylation sites (N-methyl/N-ethyl adjacent to an activating group) is 1. The molecule has 1 unspecified atom stereocenters. The first kappa shape index (κ1) is 22.1. The topological polar surface area (TPSA) is 79.6 Å². The van der Waals surface area contributed by atoms with Crippen molar-refractivity contribution in [2.45, 2.75) is 46.3 Å². The number of benzene rings is 1. The third-order valence-electron chi connectivity index (χ3n) is 5.51. The molecule has 0 amide bonds. The van der Waals surface area contributed by atoms with Crippen molar-refractivity contribution in [1.82, 2.24) is 25.4 Å². The summed E-state index contributed by atoms with van der Waals surface area (Å²) in [6, 6.07) is 8.63. The zero-order chi connectivity index (χ0) is 21.3. The molecule has 1 atom stereocenters. The highest BCUT2D eigenvalue weighted by Gasteiger charge is 2.16. The van der Waals surface area contributed by atoms with E-state index in [2.05, 4.69) is 63.8 Å². The van der Waals surface area contributed by atoms with Crippen LogP contribution in [-0.2, 0) is 18.3 Å². The van der Waals surface area contributed by atoms with Crippen LogP contribution in [0.1, 0.15) is 37.0 Å². The molecule has 2 N–H and O–H groups in total. The molecule has 1 saturated heterocycles. The maximum absolute atomic E-state index is 5.74. The Kier molecular flexibility index (Phi) is 8.07. The molecule has 2 aromatic rings. The standard InChI is InChI=1S/C22H35N7O/c1-5-29(19-9-6-8-17(2)14-19)12-11-23-22(24-15-20-10-7-13-30-20)25-16-21-27-26-18(3)28(21)4/h6,8-9,14,20H,5,7,10-13,15-16H2,1-4H3,(H2,23,24,25). The van der Waals surface area contributed by atoms with E-state index in [0.717, 1.165) is 63.2 Å². The quantitative estimate of drug-likeness (QED) is 0.485. The number of nitrogens with zero attached hydrogens (tertiary/aromatic N) is 5. The zero-order valence-electron chi connectivity index (χ0n) is 18.7. The fourth-order valence-electron chi connectivity index (χ4n) is 3.53.